The number of nitrogens with one attached hydrogen (secondary N) is 1. The zero-order valence-electron chi connectivity index (χ0n) is 11.7. The number of ether oxygens (including phenoxy) is 1. The molecule has 0 saturated heterocycles. The van der Waals surface area contributed by atoms with Crippen LogP contribution in [0.3, 0.4) is 0 Å². The van der Waals surface area contributed by atoms with Gasteiger partial charge in [-0.25, -0.2) is 0 Å². The Balaban J connectivity index is 2.18. The Labute approximate surface area is 109 Å². The smallest absolute Gasteiger partial charge is 0.128 e. The van der Waals surface area contributed by atoms with E-state index in [4.69, 9.17) is 10.6 Å². The van der Waals surface area contributed by atoms with Gasteiger partial charge in [0.2, 0.25) is 0 Å². The molecular weight excluding hydrogens is 226 g/mol. The summed E-state index contributed by atoms with van der Waals surface area (Å²) >= 11 is 0. The first-order valence-corrected chi connectivity index (χ1v) is 6.53. The number of pyridine rings is 1. The minimum atomic E-state index is 0.318. The molecule has 4 nitrogen and oxygen atoms in total. The lowest BCUT2D eigenvalue weighted by atomic mass is 10.0. The molecular formula is C14H23N3O. The second-order valence-corrected chi connectivity index (χ2v) is 5.40. The fraction of sp³-hybridized carbons (Fsp3) is 0.643. The fourth-order valence-corrected chi connectivity index (χ4v) is 2.73. The van der Waals surface area contributed by atoms with Crippen LogP contribution < -0.4 is 16.0 Å². The highest BCUT2D eigenvalue weighted by Gasteiger charge is 2.39. The molecule has 18 heavy (non-hydrogen) atoms. The van der Waals surface area contributed by atoms with Crippen LogP contribution in [0.4, 0.5) is 0 Å². The van der Waals surface area contributed by atoms with E-state index in [1.54, 1.807) is 7.11 Å². The normalized spacial score (nSPS) is 23.8. The van der Waals surface area contributed by atoms with Crippen molar-refractivity contribution in [2.45, 2.75) is 39.7 Å². The van der Waals surface area contributed by atoms with Gasteiger partial charge in [-0.1, -0.05) is 6.92 Å². The summed E-state index contributed by atoms with van der Waals surface area (Å²) in [5.41, 5.74) is 6.23. The Bertz CT molecular complexity index is 433. The lowest BCUT2D eigenvalue weighted by molar-refractivity contribution is 0.404. The topological polar surface area (TPSA) is 60.2 Å². The summed E-state index contributed by atoms with van der Waals surface area (Å²) in [6, 6.07) is 0.318. The largest absolute Gasteiger partial charge is 0.496 e. The van der Waals surface area contributed by atoms with E-state index in [9.17, 15) is 0 Å². The molecule has 0 bridgehead atoms. The lowest BCUT2D eigenvalue weighted by Crippen LogP contribution is -2.39. The average molecular weight is 249 g/mol. The maximum atomic E-state index is 5.67. The van der Waals surface area contributed by atoms with Crippen LogP contribution in [-0.4, -0.2) is 18.1 Å². The SMILES string of the molecule is COc1c(C)cnc(CC(NN)C2CC2C)c1C. The van der Waals surface area contributed by atoms with Gasteiger partial charge in [0.15, 0.2) is 0 Å². The summed E-state index contributed by atoms with van der Waals surface area (Å²) in [7, 11) is 1.71. The Morgan fingerprint density at radius 3 is 2.72 bits per heavy atom. The molecule has 100 valence electrons. The molecule has 3 N–H and O–H groups in total. The zero-order valence-corrected chi connectivity index (χ0v) is 11.7. The van der Waals surface area contributed by atoms with Crippen molar-refractivity contribution < 1.29 is 4.74 Å². The first-order valence-electron chi connectivity index (χ1n) is 6.53. The van der Waals surface area contributed by atoms with Gasteiger partial charge in [0.1, 0.15) is 5.75 Å². The molecule has 1 aromatic rings. The van der Waals surface area contributed by atoms with Crippen LogP contribution in [-0.2, 0) is 6.42 Å². The molecule has 1 aliphatic carbocycles. The van der Waals surface area contributed by atoms with Crippen LogP contribution in [0.15, 0.2) is 6.20 Å². The fourth-order valence-electron chi connectivity index (χ4n) is 2.73. The number of hydrazine groups is 1. The average Bonchev–Trinajstić information content (AvgIpc) is 3.06. The predicted octanol–water partition coefficient (Wildman–Crippen LogP) is 1.74. The molecule has 1 aliphatic rings. The van der Waals surface area contributed by atoms with Crippen molar-refractivity contribution in [2.24, 2.45) is 17.7 Å². The summed E-state index contributed by atoms with van der Waals surface area (Å²) in [4.78, 5) is 4.53. The maximum absolute atomic E-state index is 5.67. The molecule has 1 saturated carbocycles. The minimum absolute atomic E-state index is 0.318. The molecule has 2 rings (SSSR count). The van der Waals surface area contributed by atoms with Crippen LogP contribution in [0.1, 0.15) is 30.2 Å². The third-order valence-corrected chi connectivity index (χ3v) is 4.07. The molecule has 1 heterocycles. The van der Waals surface area contributed by atoms with E-state index >= 15 is 0 Å². The van der Waals surface area contributed by atoms with E-state index in [1.165, 1.54) is 6.42 Å². The standard InChI is InChI=1S/C14H23N3O/c1-8-5-11(8)13(17-15)6-12-10(3)14(18-4)9(2)7-16-12/h7-8,11,13,17H,5-6,15H2,1-4H3. The van der Waals surface area contributed by atoms with Crippen molar-refractivity contribution >= 4 is 0 Å². The van der Waals surface area contributed by atoms with Crippen molar-refractivity contribution in [3.8, 4) is 5.75 Å². The quantitative estimate of drug-likeness (QED) is 0.616. The number of hydrogen-bond donors (Lipinski definition) is 2. The lowest BCUT2D eigenvalue weighted by Gasteiger charge is -2.18. The van der Waals surface area contributed by atoms with Crippen molar-refractivity contribution in [1.29, 1.82) is 0 Å². The van der Waals surface area contributed by atoms with Crippen molar-refractivity contribution in [3.05, 3.63) is 23.0 Å². The summed E-state index contributed by atoms with van der Waals surface area (Å²) in [6.07, 6.45) is 4.01. The van der Waals surface area contributed by atoms with Gasteiger partial charge in [-0.2, -0.15) is 0 Å². The van der Waals surface area contributed by atoms with Gasteiger partial charge in [0.25, 0.3) is 0 Å². The van der Waals surface area contributed by atoms with Gasteiger partial charge in [0, 0.05) is 35.5 Å². The van der Waals surface area contributed by atoms with Crippen LogP contribution in [0.5, 0.6) is 5.75 Å². The highest BCUT2D eigenvalue weighted by Crippen LogP contribution is 2.41. The Morgan fingerprint density at radius 2 is 2.22 bits per heavy atom. The van der Waals surface area contributed by atoms with Crippen LogP contribution in [0, 0.1) is 25.7 Å². The van der Waals surface area contributed by atoms with Crippen LogP contribution in [0.25, 0.3) is 0 Å². The Hall–Kier alpha value is -1.13. The van der Waals surface area contributed by atoms with Gasteiger partial charge in [-0.15, -0.1) is 0 Å². The minimum Gasteiger partial charge on any atom is -0.496 e. The first kappa shape index (κ1) is 13.3. The third kappa shape index (κ3) is 2.49. The second-order valence-electron chi connectivity index (χ2n) is 5.40. The number of rotatable bonds is 5. The highest BCUT2D eigenvalue weighted by molar-refractivity contribution is 5.41. The van der Waals surface area contributed by atoms with E-state index in [0.29, 0.717) is 12.0 Å². The molecule has 0 aromatic carbocycles. The van der Waals surface area contributed by atoms with E-state index in [-0.39, 0.29) is 0 Å². The Kier molecular flexibility index (Phi) is 3.88. The molecule has 0 radical (unpaired) electrons. The monoisotopic (exact) mass is 249 g/mol. The second kappa shape index (κ2) is 5.24. The molecule has 3 unspecified atom stereocenters. The summed E-state index contributed by atoms with van der Waals surface area (Å²) in [5.74, 6) is 8.07. The van der Waals surface area contributed by atoms with Gasteiger partial charge >= 0.3 is 0 Å². The number of aryl methyl sites for hydroxylation is 1. The number of hydrogen-bond acceptors (Lipinski definition) is 4. The molecule has 0 spiro atoms. The van der Waals surface area contributed by atoms with E-state index < -0.39 is 0 Å². The van der Waals surface area contributed by atoms with Crippen molar-refractivity contribution in [3.63, 3.8) is 0 Å². The van der Waals surface area contributed by atoms with Gasteiger partial charge in [0.05, 0.1) is 7.11 Å². The zero-order chi connectivity index (χ0) is 13.3. The third-order valence-electron chi connectivity index (χ3n) is 4.07. The first-order chi connectivity index (χ1) is 8.58. The molecule has 0 aliphatic heterocycles. The molecule has 1 aromatic heterocycles. The number of nitrogens with zero attached hydrogens (tertiary/aromatic N) is 1. The van der Waals surface area contributed by atoms with E-state index in [2.05, 4.69) is 24.3 Å². The number of methoxy groups -OCH3 is 1. The van der Waals surface area contributed by atoms with Crippen molar-refractivity contribution in [1.82, 2.24) is 10.4 Å². The number of nitrogens with two attached hydrogens (primary N) is 1. The summed E-state index contributed by atoms with van der Waals surface area (Å²) < 4.78 is 5.44. The van der Waals surface area contributed by atoms with E-state index in [0.717, 1.165) is 34.9 Å². The van der Waals surface area contributed by atoms with Gasteiger partial charge in [-0.05, 0) is 32.1 Å². The molecule has 1 fully saturated rings. The summed E-state index contributed by atoms with van der Waals surface area (Å²) in [5, 5.41) is 0. The molecule has 4 heteroatoms. The Morgan fingerprint density at radius 1 is 1.56 bits per heavy atom. The van der Waals surface area contributed by atoms with Gasteiger partial charge in [-0.3, -0.25) is 16.3 Å². The maximum Gasteiger partial charge on any atom is 0.128 e. The highest BCUT2D eigenvalue weighted by atomic mass is 16.5. The van der Waals surface area contributed by atoms with Crippen molar-refractivity contribution in [2.75, 3.05) is 7.11 Å². The molecule has 0 amide bonds. The molecule has 3 atom stereocenters. The van der Waals surface area contributed by atoms with Crippen LogP contribution >= 0.6 is 0 Å². The number of aromatic nitrogens is 1. The summed E-state index contributed by atoms with van der Waals surface area (Å²) in [6.45, 7) is 6.35. The van der Waals surface area contributed by atoms with Gasteiger partial charge < -0.3 is 4.74 Å². The predicted molar refractivity (Wildman–Crippen MR) is 72.3 cm³/mol. The van der Waals surface area contributed by atoms with E-state index in [1.807, 2.05) is 13.1 Å². The van der Waals surface area contributed by atoms with Crippen LogP contribution in [0.2, 0.25) is 0 Å².